The molecule has 0 amide bonds. The molecule has 0 radical (unpaired) electrons. The number of H-pyrrole nitrogens is 1. The van der Waals surface area contributed by atoms with E-state index in [2.05, 4.69) is 10.2 Å². The molecule has 2 atom stereocenters. The summed E-state index contributed by atoms with van der Waals surface area (Å²) in [7, 11) is -3.44. The molecular weight excluding hydrogens is 479 g/mol. The lowest BCUT2D eigenvalue weighted by molar-refractivity contribution is -0.131. The molecule has 180 valence electrons. The van der Waals surface area contributed by atoms with Gasteiger partial charge >= 0.3 is 5.97 Å². The Bertz CT molecular complexity index is 1700. The predicted octanol–water partition coefficient (Wildman–Crippen LogP) is 5.32. The number of hydrogen-bond donors (Lipinski definition) is 2. The predicted molar refractivity (Wildman–Crippen MR) is 135 cm³/mol. The van der Waals surface area contributed by atoms with Gasteiger partial charge < -0.3 is 5.11 Å². The Labute approximate surface area is 206 Å². The average Bonchev–Trinajstić information content (AvgIpc) is 3.21. The zero-order valence-electron chi connectivity index (χ0n) is 19.0. The number of carboxylic acids is 1. The molecule has 2 unspecified atom stereocenters. The molecule has 4 aromatic rings. The van der Waals surface area contributed by atoms with Crippen LogP contribution in [-0.2, 0) is 14.6 Å². The maximum Gasteiger partial charge on any atom is 0.328 e. The molecule has 1 fully saturated rings. The van der Waals surface area contributed by atoms with Crippen LogP contribution < -0.4 is 0 Å². The van der Waals surface area contributed by atoms with Gasteiger partial charge in [0.15, 0.2) is 9.84 Å². The highest BCUT2D eigenvalue weighted by Crippen LogP contribution is 2.54. The van der Waals surface area contributed by atoms with Crippen LogP contribution in [0.3, 0.4) is 0 Å². The SMILES string of the molecule is O=C(O)/C=C/c1ccc(C(=C2c3ccccc3S(=O)(=O)C3CCC23)c2ccc3n[nH]c(F)c3c2)cc1. The Morgan fingerprint density at radius 2 is 1.78 bits per heavy atom. The number of sulfone groups is 1. The van der Waals surface area contributed by atoms with Crippen molar-refractivity contribution in [3.8, 4) is 0 Å². The quantitative estimate of drug-likeness (QED) is 0.369. The Balaban J connectivity index is 1.64. The maximum absolute atomic E-state index is 14.5. The summed E-state index contributed by atoms with van der Waals surface area (Å²) in [5, 5.41) is 15.2. The van der Waals surface area contributed by atoms with Crippen LogP contribution in [0, 0.1) is 11.9 Å². The summed E-state index contributed by atoms with van der Waals surface area (Å²) in [6, 6.07) is 19.9. The van der Waals surface area contributed by atoms with Crippen molar-refractivity contribution in [2.45, 2.75) is 23.0 Å². The third kappa shape index (κ3) is 3.48. The first-order valence-electron chi connectivity index (χ1n) is 11.6. The van der Waals surface area contributed by atoms with Crippen molar-refractivity contribution in [3.05, 3.63) is 101 Å². The second kappa shape index (κ2) is 8.27. The number of hydrogen-bond acceptors (Lipinski definition) is 4. The number of aromatic nitrogens is 2. The number of nitrogens with zero attached hydrogens (tertiary/aromatic N) is 1. The van der Waals surface area contributed by atoms with Gasteiger partial charge in [0, 0.05) is 12.0 Å². The van der Waals surface area contributed by atoms with Gasteiger partial charge in [-0.3, -0.25) is 5.10 Å². The molecular formula is C28H21FN2O4S. The summed E-state index contributed by atoms with van der Waals surface area (Å²) >= 11 is 0. The van der Waals surface area contributed by atoms with Crippen LogP contribution in [0.25, 0.3) is 28.1 Å². The van der Waals surface area contributed by atoms with Crippen LogP contribution in [0.5, 0.6) is 0 Å². The standard InChI is InChI=1S/C28H21FN2O4S/c29-28-21-15-18(10-12-22(21)30-31-28)26(17-8-5-16(6-9-17)7-14-25(32)33)27-19-3-1-2-4-23(19)36(34,35)24-13-11-20(24)27/h1-10,12,14-15,20,24H,11,13H2,(H,30,31)(H,32,33)/b14-7+,27-26?. The Morgan fingerprint density at radius 1 is 1.03 bits per heavy atom. The fraction of sp³-hybridized carbons (Fsp3) is 0.143. The minimum atomic E-state index is -3.44. The van der Waals surface area contributed by atoms with Crippen LogP contribution >= 0.6 is 0 Å². The van der Waals surface area contributed by atoms with Crippen molar-refractivity contribution >= 4 is 43.9 Å². The molecule has 1 aromatic heterocycles. The van der Waals surface area contributed by atoms with Crippen LogP contribution in [0.15, 0.2) is 77.7 Å². The first kappa shape index (κ1) is 22.4. The molecule has 2 N–H and O–H groups in total. The van der Waals surface area contributed by atoms with E-state index in [1.807, 2.05) is 42.5 Å². The van der Waals surface area contributed by atoms with Gasteiger partial charge in [-0.25, -0.2) is 13.2 Å². The molecule has 1 saturated carbocycles. The largest absolute Gasteiger partial charge is 0.478 e. The van der Waals surface area contributed by atoms with Gasteiger partial charge in [-0.05, 0) is 70.5 Å². The van der Waals surface area contributed by atoms with Crippen LogP contribution in [0.2, 0.25) is 0 Å². The Morgan fingerprint density at radius 3 is 2.50 bits per heavy atom. The van der Waals surface area contributed by atoms with Gasteiger partial charge in [-0.15, -0.1) is 0 Å². The van der Waals surface area contributed by atoms with Crippen molar-refractivity contribution in [1.82, 2.24) is 10.2 Å². The number of halogens is 1. The molecule has 6 rings (SSSR count). The normalized spacial score (nSPS) is 21.6. The van der Waals surface area contributed by atoms with Crippen LogP contribution in [0.1, 0.15) is 35.1 Å². The highest BCUT2D eigenvalue weighted by molar-refractivity contribution is 7.92. The van der Waals surface area contributed by atoms with Crippen molar-refractivity contribution in [3.63, 3.8) is 0 Å². The van der Waals surface area contributed by atoms with E-state index in [1.165, 1.54) is 6.08 Å². The maximum atomic E-state index is 14.5. The van der Waals surface area contributed by atoms with E-state index in [1.54, 1.807) is 24.3 Å². The smallest absolute Gasteiger partial charge is 0.328 e. The number of carbonyl (C=O) groups is 1. The van der Waals surface area contributed by atoms with E-state index in [4.69, 9.17) is 5.11 Å². The molecule has 0 spiro atoms. The van der Waals surface area contributed by atoms with E-state index in [-0.39, 0.29) is 5.92 Å². The highest BCUT2D eigenvalue weighted by Gasteiger charge is 2.49. The first-order valence-corrected chi connectivity index (χ1v) is 13.1. The number of rotatable bonds is 4. The van der Waals surface area contributed by atoms with Crippen LogP contribution in [0.4, 0.5) is 4.39 Å². The fourth-order valence-corrected chi connectivity index (χ4v) is 7.56. The second-order valence-electron chi connectivity index (χ2n) is 9.12. The lowest BCUT2D eigenvalue weighted by Gasteiger charge is -2.43. The van der Waals surface area contributed by atoms with E-state index in [0.29, 0.717) is 27.8 Å². The van der Waals surface area contributed by atoms with Crippen molar-refractivity contribution < 1.29 is 22.7 Å². The van der Waals surface area contributed by atoms with Gasteiger partial charge in [0.1, 0.15) is 0 Å². The molecule has 2 aliphatic rings. The summed E-state index contributed by atoms with van der Waals surface area (Å²) in [5.41, 5.74) is 5.26. The fourth-order valence-electron chi connectivity index (χ4n) is 5.33. The van der Waals surface area contributed by atoms with Crippen molar-refractivity contribution in [2.24, 2.45) is 5.92 Å². The van der Waals surface area contributed by atoms with E-state index >= 15 is 0 Å². The highest BCUT2D eigenvalue weighted by atomic mass is 32.2. The third-order valence-corrected chi connectivity index (χ3v) is 9.48. The van der Waals surface area contributed by atoms with E-state index in [0.717, 1.165) is 40.3 Å². The summed E-state index contributed by atoms with van der Waals surface area (Å²) in [4.78, 5) is 11.2. The molecule has 0 bridgehead atoms. The summed E-state index contributed by atoms with van der Waals surface area (Å²) in [5.74, 6) is -1.73. The number of benzene rings is 3. The monoisotopic (exact) mass is 500 g/mol. The van der Waals surface area contributed by atoms with Crippen molar-refractivity contribution in [2.75, 3.05) is 0 Å². The zero-order chi connectivity index (χ0) is 25.0. The summed E-state index contributed by atoms with van der Waals surface area (Å²) in [6.07, 6.45) is 3.94. The van der Waals surface area contributed by atoms with Gasteiger partial charge in [-0.1, -0.05) is 48.5 Å². The molecule has 1 aliphatic heterocycles. The Hall–Kier alpha value is -4.04. The topological polar surface area (TPSA) is 100 Å². The molecule has 3 aromatic carbocycles. The van der Waals surface area contributed by atoms with Gasteiger partial charge in [0.2, 0.25) is 5.95 Å². The molecule has 1 aliphatic carbocycles. The number of allylic oxidation sites excluding steroid dienone is 1. The number of aromatic amines is 1. The van der Waals surface area contributed by atoms with Crippen LogP contribution in [-0.4, -0.2) is 34.9 Å². The third-order valence-electron chi connectivity index (χ3n) is 7.15. The van der Waals surface area contributed by atoms with Crippen molar-refractivity contribution in [1.29, 1.82) is 0 Å². The molecule has 8 heteroatoms. The average molecular weight is 501 g/mol. The number of carboxylic acid groups (broad SMARTS) is 1. The number of aliphatic carboxylic acids is 1. The zero-order valence-corrected chi connectivity index (χ0v) is 19.8. The number of nitrogens with one attached hydrogen (secondary N) is 1. The number of fused-ring (bicyclic) bond motifs is 3. The molecule has 2 heterocycles. The molecule has 6 nitrogen and oxygen atoms in total. The van der Waals surface area contributed by atoms with E-state index < -0.39 is 27.0 Å². The minimum Gasteiger partial charge on any atom is -0.478 e. The molecule has 36 heavy (non-hydrogen) atoms. The summed E-state index contributed by atoms with van der Waals surface area (Å²) in [6.45, 7) is 0. The van der Waals surface area contributed by atoms with Gasteiger partial charge in [0.05, 0.1) is 21.0 Å². The molecule has 0 saturated heterocycles. The van der Waals surface area contributed by atoms with Gasteiger partial charge in [-0.2, -0.15) is 9.49 Å². The van der Waals surface area contributed by atoms with E-state index in [9.17, 15) is 17.6 Å². The Kier molecular flexibility index (Phi) is 5.15. The van der Waals surface area contributed by atoms with Gasteiger partial charge in [0.25, 0.3) is 0 Å². The second-order valence-corrected chi connectivity index (χ2v) is 11.3. The summed E-state index contributed by atoms with van der Waals surface area (Å²) < 4.78 is 41.1. The minimum absolute atomic E-state index is 0.170. The first-order chi connectivity index (χ1) is 17.3. The lowest BCUT2D eigenvalue weighted by Crippen LogP contribution is -2.43. The lowest BCUT2D eigenvalue weighted by atomic mass is 9.72.